The van der Waals surface area contributed by atoms with Crippen molar-refractivity contribution in [3.63, 3.8) is 0 Å². The number of nitrogens with zero attached hydrogens (tertiary/aromatic N) is 4. The number of hydrazone groups is 1. The molecule has 1 aromatic heterocycles. The van der Waals surface area contributed by atoms with Crippen molar-refractivity contribution in [2.75, 3.05) is 7.05 Å². The summed E-state index contributed by atoms with van der Waals surface area (Å²) in [4.78, 5) is 6.56. The van der Waals surface area contributed by atoms with Crippen molar-refractivity contribution in [3.05, 3.63) is 22.0 Å². The molecule has 16 heavy (non-hydrogen) atoms. The highest BCUT2D eigenvalue weighted by Gasteiger charge is 2.25. The molecular weight excluding hydrogens is 242 g/mol. The molecule has 0 amide bonds. The summed E-state index contributed by atoms with van der Waals surface area (Å²) in [6.07, 6.45) is 3.80. The average Bonchev–Trinajstić information content (AvgIpc) is 2.96. The van der Waals surface area contributed by atoms with Crippen LogP contribution < -0.4 is 5.73 Å². The lowest BCUT2D eigenvalue weighted by Gasteiger charge is -2.13. The first-order valence-corrected chi connectivity index (χ1v) is 6.95. The Morgan fingerprint density at radius 3 is 3.19 bits per heavy atom. The summed E-state index contributed by atoms with van der Waals surface area (Å²) >= 11 is 1.62. The van der Waals surface area contributed by atoms with Crippen LogP contribution in [0.25, 0.3) is 0 Å². The van der Waals surface area contributed by atoms with E-state index in [0.29, 0.717) is 6.54 Å². The molecule has 5 nitrogen and oxygen atoms in total. The van der Waals surface area contributed by atoms with Gasteiger partial charge in [0.15, 0.2) is 5.11 Å². The maximum absolute atomic E-state index is 5.58. The molecule has 0 aromatic carbocycles. The fourth-order valence-corrected chi connectivity index (χ4v) is 4.30. The molecule has 1 aromatic rings. The SMILES string of the molecule is CN1C=NN2C=CS(c3csc(CN)n3)=C12. The standard InChI is InChI=1S/C9H11N5S2/c1-13-6-11-14-2-3-16(9(13)14)8-5-15-7(4-10)12-8/h2-3,5-6H,4,10H2,1H3. The van der Waals surface area contributed by atoms with E-state index in [1.54, 1.807) is 11.3 Å². The summed E-state index contributed by atoms with van der Waals surface area (Å²) < 4.78 is 0. The van der Waals surface area contributed by atoms with Crippen molar-refractivity contribution in [3.8, 4) is 0 Å². The molecule has 0 fully saturated rings. The lowest BCUT2D eigenvalue weighted by Crippen LogP contribution is -2.26. The third-order valence-corrected chi connectivity index (χ3v) is 5.25. The molecule has 84 valence electrons. The van der Waals surface area contributed by atoms with Gasteiger partial charge in [0.05, 0.1) is 0 Å². The van der Waals surface area contributed by atoms with Crippen LogP contribution in [0.5, 0.6) is 0 Å². The molecule has 2 N–H and O–H groups in total. The van der Waals surface area contributed by atoms with E-state index in [0.717, 1.165) is 15.1 Å². The van der Waals surface area contributed by atoms with Gasteiger partial charge in [-0.15, -0.1) is 11.3 Å². The van der Waals surface area contributed by atoms with E-state index in [9.17, 15) is 0 Å². The van der Waals surface area contributed by atoms with Crippen molar-refractivity contribution < 1.29 is 0 Å². The number of fused-ring (bicyclic) bond motifs is 1. The van der Waals surface area contributed by atoms with Crippen LogP contribution >= 0.6 is 21.8 Å². The number of rotatable bonds is 2. The minimum Gasteiger partial charge on any atom is -0.325 e. The zero-order chi connectivity index (χ0) is 11.1. The fourth-order valence-electron chi connectivity index (χ4n) is 1.58. The minimum atomic E-state index is -0.100. The Balaban J connectivity index is 2.04. The van der Waals surface area contributed by atoms with E-state index >= 15 is 0 Å². The van der Waals surface area contributed by atoms with Gasteiger partial charge in [-0.2, -0.15) is 5.10 Å². The number of hydrogen-bond donors (Lipinski definition) is 1. The van der Waals surface area contributed by atoms with Crippen molar-refractivity contribution >= 4 is 33.3 Å². The summed E-state index contributed by atoms with van der Waals surface area (Å²) in [7, 11) is 1.90. The maximum atomic E-state index is 5.58. The Bertz CT molecular complexity index is 516. The molecule has 3 rings (SSSR count). The summed E-state index contributed by atoms with van der Waals surface area (Å²) in [6.45, 7) is 0.511. The van der Waals surface area contributed by atoms with Crippen molar-refractivity contribution in [2.24, 2.45) is 10.8 Å². The van der Waals surface area contributed by atoms with Gasteiger partial charge in [0.2, 0.25) is 0 Å². The Morgan fingerprint density at radius 2 is 2.44 bits per heavy atom. The van der Waals surface area contributed by atoms with Crippen LogP contribution in [0.3, 0.4) is 0 Å². The highest BCUT2D eigenvalue weighted by atomic mass is 32.2. The number of aromatic nitrogens is 1. The summed E-state index contributed by atoms with van der Waals surface area (Å²) in [6, 6.07) is 0. The molecule has 7 heteroatoms. The highest BCUT2D eigenvalue weighted by Crippen LogP contribution is 2.37. The summed E-state index contributed by atoms with van der Waals surface area (Å²) in [5.41, 5.74) is 5.58. The molecule has 0 saturated carbocycles. The van der Waals surface area contributed by atoms with Gasteiger partial charge in [-0.1, -0.05) is 10.5 Å². The first-order valence-electron chi connectivity index (χ1n) is 4.78. The molecule has 0 spiro atoms. The van der Waals surface area contributed by atoms with Gasteiger partial charge in [0.1, 0.15) is 16.4 Å². The molecule has 1 unspecified atom stereocenters. The normalized spacial score (nSPS) is 22.4. The predicted molar refractivity (Wildman–Crippen MR) is 68.1 cm³/mol. The van der Waals surface area contributed by atoms with E-state index in [4.69, 9.17) is 5.73 Å². The van der Waals surface area contributed by atoms with E-state index in [1.807, 2.05) is 29.5 Å². The van der Waals surface area contributed by atoms with Gasteiger partial charge in [-0.3, -0.25) is 0 Å². The Morgan fingerprint density at radius 1 is 1.56 bits per heavy atom. The predicted octanol–water partition coefficient (Wildman–Crippen LogP) is 0.992. The van der Waals surface area contributed by atoms with Crippen molar-refractivity contribution in [1.29, 1.82) is 0 Å². The minimum absolute atomic E-state index is 0.100. The quantitative estimate of drug-likeness (QED) is 0.799. The largest absolute Gasteiger partial charge is 0.325 e. The van der Waals surface area contributed by atoms with Crippen LogP contribution in [0, 0.1) is 0 Å². The summed E-state index contributed by atoms with van der Waals surface area (Å²) in [5.74, 6) is 0. The zero-order valence-electron chi connectivity index (χ0n) is 8.70. The first-order chi connectivity index (χ1) is 7.79. The molecule has 2 aliphatic heterocycles. The second kappa shape index (κ2) is 3.69. The third-order valence-electron chi connectivity index (χ3n) is 2.31. The van der Waals surface area contributed by atoms with Gasteiger partial charge in [0.25, 0.3) is 0 Å². The van der Waals surface area contributed by atoms with E-state index in [1.165, 1.54) is 0 Å². The van der Waals surface area contributed by atoms with E-state index in [-0.39, 0.29) is 10.5 Å². The van der Waals surface area contributed by atoms with Gasteiger partial charge in [0, 0.05) is 25.2 Å². The van der Waals surface area contributed by atoms with Gasteiger partial charge in [-0.25, -0.2) is 9.99 Å². The van der Waals surface area contributed by atoms with Crippen molar-refractivity contribution in [2.45, 2.75) is 11.6 Å². The van der Waals surface area contributed by atoms with Gasteiger partial charge in [-0.05, 0) is 5.41 Å². The Labute approximate surface area is 99.8 Å². The van der Waals surface area contributed by atoms with Crippen molar-refractivity contribution in [1.82, 2.24) is 14.9 Å². The third kappa shape index (κ3) is 1.40. The van der Waals surface area contributed by atoms with E-state index in [2.05, 4.69) is 20.9 Å². The molecular formula is C9H11N5S2. The number of nitrogens with two attached hydrogens (primary N) is 1. The second-order valence-electron chi connectivity index (χ2n) is 3.38. The highest BCUT2D eigenvalue weighted by molar-refractivity contribution is 8.18. The van der Waals surface area contributed by atoms with Crippen LogP contribution in [-0.4, -0.2) is 33.4 Å². The van der Waals surface area contributed by atoms with Gasteiger partial charge >= 0.3 is 0 Å². The topological polar surface area (TPSA) is 57.8 Å². The maximum Gasteiger partial charge on any atom is 0.170 e. The number of thiazole rings is 1. The van der Waals surface area contributed by atoms with Crippen LogP contribution in [-0.2, 0) is 6.54 Å². The molecule has 2 aliphatic rings. The van der Waals surface area contributed by atoms with Gasteiger partial charge < -0.3 is 10.6 Å². The second-order valence-corrected chi connectivity index (χ2v) is 6.05. The number of hydrogen-bond acceptors (Lipinski definition) is 6. The fraction of sp³-hybridized carbons (Fsp3) is 0.222. The summed E-state index contributed by atoms with van der Waals surface area (Å²) in [5, 5.41) is 13.6. The Hall–Kier alpha value is -1.18. The van der Waals surface area contributed by atoms with E-state index < -0.39 is 0 Å². The zero-order valence-corrected chi connectivity index (χ0v) is 10.3. The lowest BCUT2D eigenvalue weighted by atomic mass is 10.7. The molecule has 0 bridgehead atoms. The molecule has 0 aliphatic carbocycles. The van der Waals surface area contributed by atoms with Crippen LogP contribution in [0.1, 0.15) is 5.01 Å². The van der Waals surface area contributed by atoms with Crippen LogP contribution in [0.15, 0.2) is 27.1 Å². The lowest BCUT2D eigenvalue weighted by molar-refractivity contribution is 0.602. The van der Waals surface area contributed by atoms with Crippen LogP contribution in [0.4, 0.5) is 0 Å². The Kier molecular flexibility index (Phi) is 2.31. The average molecular weight is 253 g/mol. The molecule has 0 saturated heterocycles. The molecule has 1 atom stereocenters. The molecule has 0 radical (unpaired) electrons. The van der Waals surface area contributed by atoms with Crippen LogP contribution in [0.2, 0.25) is 0 Å². The molecule has 3 heterocycles. The first kappa shape index (κ1) is 10.0. The smallest absolute Gasteiger partial charge is 0.170 e. The monoisotopic (exact) mass is 253 g/mol.